The SMILES string of the molecule is CC(=NNC(=O)CC1=NNC(=O)C1)c1cccs1. The third-order valence-corrected chi connectivity index (χ3v) is 3.27. The van der Waals surface area contributed by atoms with Gasteiger partial charge in [-0.15, -0.1) is 11.3 Å². The van der Waals surface area contributed by atoms with Gasteiger partial charge in [0.2, 0.25) is 11.8 Å². The zero-order chi connectivity index (χ0) is 13.0. The van der Waals surface area contributed by atoms with Gasteiger partial charge in [-0.05, 0) is 18.4 Å². The molecular weight excluding hydrogens is 252 g/mol. The molecule has 2 rings (SSSR count). The van der Waals surface area contributed by atoms with Gasteiger partial charge in [0, 0.05) is 4.88 Å². The van der Waals surface area contributed by atoms with Gasteiger partial charge in [-0.25, -0.2) is 10.9 Å². The highest BCUT2D eigenvalue weighted by Gasteiger charge is 2.17. The highest BCUT2D eigenvalue weighted by molar-refractivity contribution is 7.12. The summed E-state index contributed by atoms with van der Waals surface area (Å²) in [7, 11) is 0. The second-order valence-electron chi connectivity index (χ2n) is 3.78. The molecule has 2 amide bonds. The zero-order valence-corrected chi connectivity index (χ0v) is 10.6. The number of hydrazone groups is 2. The molecular formula is C11H12N4O2S. The molecule has 0 saturated carbocycles. The molecule has 7 heteroatoms. The monoisotopic (exact) mass is 264 g/mol. The summed E-state index contributed by atoms with van der Waals surface area (Å²) in [5.74, 6) is -0.461. The van der Waals surface area contributed by atoms with Crippen LogP contribution in [0, 0.1) is 0 Å². The predicted octanol–water partition coefficient (Wildman–Crippen LogP) is 0.854. The zero-order valence-electron chi connectivity index (χ0n) is 9.77. The van der Waals surface area contributed by atoms with Crippen LogP contribution < -0.4 is 10.9 Å². The van der Waals surface area contributed by atoms with Crippen LogP contribution in [0.3, 0.4) is 0 Å². The Balaban J connectivity index is 1.85. The summed E-state index contributed by atoms with van der Waals surface area (Å²) in [6, 6.07) is 3.85. The average Bonchev–Trinajstić information content (AvgIpc) is 2.97. The largest absolute Gasteiger partial charge is 0.273 e. The van der Waals surface area contributed by atoms with Crippen molar-refractivity contribution < 1.29 is 9.59 Å². The topological polar surface area (TPSA) is 82.9 Å². The fourth-order valence-corrected chi connectivity index (χ4v) is 2.10. The van der Waals surface area contributed by atoms with Gasteiger partial charge in [0.15, 0.2) is 0 Å². The Labute approximate surface area is 108 Å². The summed E-state index contributed by atoms with van der Waals surface area (Å²) in [6.45, 7) is 1.82. The highest BCUT2D eigenvalue weighted by Crippen LogP contribution is 2.09. The summed E-state index contributed by atoms with van der Waals surface area (Å²) >= 11 is 1.56. The Kier molecular flexibility index (Phi) is 3.83. The van der Waals surface area contributed by atoms with Crippen molar-refractivity contribution in [3.63, 3.8) is 0 Å². The fourth-order valence-electron chi connectivity index (χ4n) is 1.42. The summed E-state index contributed by atoms with van der Waals surface area (Å²) in [5, 5.41) is 9.68. The van der Waals surface area contributed by atoms with E-state index in [-0.39, 0.29) is 24.7 Å². The Bertz CT molecular complexity index is 519. The van der Waals surface area contributed by atoms with Gasteiger partial charge in [-0.1, -0.05) is 6.07 Å². The number of hydrogen-bond acceptors (Lipinski definition) is 5. The molecule has 94 valence electrons. The second-order valence-corrected chi connectivity index (χ2v) is 4.72. The number of thiophene rings is 1. The highest BCUT2D eigenvalue weighted by atomic mass is 32.1. The molecule has 6 nitrogen and oxygen atoms in total. The summed E-state index contributed by atoms with van der Waals surface area (Å²) in [5.41, 5.74) is 6.03. The lowest BCUT2D eigenvalue weighted by atomic mass is 10.2. The van der Waals surface area contributed by atoms with Crippen molar-refractivity contribution in [2.45, 2.75) is 19.8 Å². The first-order chi connectivity index (χ1) is 8.65. The number of rotatable bonds is 4. The van der Waals surface area contributed by atoms with E-state index >= 15 is 0 Å². The summed E-state index contributed by atoms with van der Waals surface area (Å²) in [6.07, 6.45) is 0.265. The Hall–Kier alpha value is -2.02. The fraction of sp³-hybridized carbons (Fsp3) is 0.273. The van der Waals surface area contributed by atoms with E-state index in [1.54, 1.807) is 11.3 Å². The number of carbonyl (C=O) groups is 2. The smallest absolute Gasteiger partial charge is 0.245 e. The first kappa shape index (κ1) is 12.4. The number of carbonyl (C=O) groups excluding carboxylic acids is 2. The molecule has 0 aliphatic carbocycles. The van der Waals surface area contributed by atoms with Gasteiger partial charge in [0.25, 0.3) is 0 Å². The number of amides is 2. The maximum atomic E-state index is 11.5. The molecule has 0 aromatic carbocycles. The van der Waals surface area contributed by atoms with E-state index in [0.717, 1.165) is 10.6 Å². The average molecular weight is 264 g/mol. The molecule has 0 fully saturated rings. The molecule has 1 aliphatic heterocycles. The van der Waals surface area contributed by atoms with E-state index in [1.807, 2.05) is 24.4 Å². The van der Waals surface area contributed by atoms with Crippen molar-refractivity contribution in [2.75, 3.05) is 0 Å². The molecule has 0 unspecified atom stereocenters. The number of nitrogens with zero attached hydrogens (tertiary/aromatic N) is 2. The first-order valence-electron chi connectivity index (χ1n) is 5.36. The summed E-state index contributed by atoms with van der Waals surface area (Å²) in [4.78, 5) is 23.4. The lowest BCUT2D eigenvalue weighted by molar-refractivity contribution is -0.119. The van der Waals surface area contributed by atoms with Crippen molar-refractivity contribution >= 4 is 34.6 Å². The van der Waals surface area contributed by atoms with Crippen LogP contribution in [0.15, 0.2) is 27.7 Å². The van der Waals surface area contributed by atoms with Crippen LogP contribution in [0.1, 0.15) is 24.6 Å². The molecule has 2 N–H and O–H groups in total. The van der Waals surface area contributed by atoms with Crippen LogP contribution in [0.2, 0.25) is 0 Å². The predicted molar refractivity (Wildman–Crippen MR) is 69.5 cm³/mol. The first-order valence-corrected chi connectivity index (χ1v) is 6.24. The van der Waals surface area contributed by atoms with E-state index in [1.165, 1.54) is 0 Å². The number of hydrogen-bond donors (Lipinski definition) is 2. The van der Waals surface area contributed by atoms with Crippen LogP contribution in [0.4, 0.5) is 0 Å². The minimum Gasteiger partial charge on any atom is -0.273 e. The molecule has 0 radical (unpaired) electrons. The number of nitrogens with one attached hydrogen (secondary N) is 2. The molecule has 18 heavy (non-hydrogen) atoms. The van der Waals surface area contributed by atoms with Crippen molar-refractivity contribution in [3.05, 3.63) is 22.4 Å². The van der Waals surface area contributed by atoms with Crippen LogP contribution in [0.25, 0.3) is 0 Å². The Morgan fingerprint density at radius 3 is 3.11 bits per heavy atom. The van der Waals surface area contributed by atoms with Crippen molar-refractivity contribution in [1.82, 2.24) is 10.9 Å². The van der Waals surface area contributed by atoms with Crippen LogP contribution in [-0.2, 0) is 9.59 Å². The van der Waals surface area contributed by atoms with Gasteiger partial charge in [-0.2, -0.15) is 10.2 Å². The van der Waals surface area contributed by atoms with Crippen molar-refractivity contribution in [2.24, 2.45) is 10.2 Å². The quantitative estimate of drug-likeness (QED) is 0.624. The van der Waals surface area contributed by atoms with Crippen LogP contribution >= 0.6 is 11.3 Å². The Morgan fingerprint density at radius 2 is 2.50 bits per heavy atom. The van der Waals surface area contributed by atoms with Gasteiger partial charge in [-0.3, -0.25) is 9.59 Å². The van der Waals surface area contributed by atoms with E-state index in [4.69, 9.17) is 0 Å². The van der Waals surface area contributed by atoms with Crippen LogP contribution in [0.5, 0.6) is 0 Å². The van der Waals surface area contributed by atoms with Gasteiger partial charge in [0.05, 0.1) is 24.3 Å². The molecule has 0 atom stereocenters. The lowest BCUT2D eigenvalue weighted by Crippen LogP contribution is -2.21. The Morgan fingerprint density at radius 1 is 1.67 bits per heavy atom. The van der Waals surface area contributed by atoms with E-state index in [9.17, 15) is 9.59 Å². The normalized spacial score (nSPS) is 15.3. The maximum Gasteiger partial charge on any atom is 0.245 e. The molecule has 1 aliphatic rings. The molecule has 0 bridgehead atoms. The maximum absolute atomic E-state index is 11.5. The van der Waals surface area contributed by atoms with Crippen molar-refractivity contribution in [3.8, 4) is 0 Å². The van der Waals surface area contributed by atoms with E-state index in [0.29, 0.717) is 5.71 Å². The van der Waals surface area contributed by atoms with E-state index in [2.05, 4.69) is 21.1 Å². The standard InChI is InChI=1S/C11H12N4O2S/c1-7(9-3-2-4-18-9)12-14-10(16)5-8-6-11(17)15-13-8/h2-4H,5-6H2,1H3,(H,14,16)(H,15,17). The third kappa shape index (κ3) is 3.24. The third-order valence-electron chi connectivity index (χ3n) is 2.29. The minimum atomic E-state index is -0.277. The molecule has 1 aromatic heterocycles. The lowest BCUT2D eigenvalue weighted by Gasteiger charge is -2.00. The summed E-state index contributed by atoms with van der Waals surface area (Å²) < 4.78 is 0. The van der Waals surface area contributed by atoms with Gasteiger partial charge >= 0.3 is 0 Å². The van der Waals surface area contributed by atoms with Crippen LogP contribution in [-0.4, -0.2) is 23.2 Å². The van der Waals surface area contributed by atoms with Crippen molar-refractivity contribution in [1.29, 1.82) is 0 Å². The molecule has 2 heterocycles. The van der Waals surface area contributed by atoms with Gasteiger partial charge < -0.3 is 0 Å². The second kappa shape index (κ2) is 5.54. The molecule has 0 spiro atoms. The molecule has 1 aromatic rings. The minimum absolute atomic E-state index is 0.0833. The van der Waals surface area contributed by atoms with Gasteiger partial charge in [0.1, 0.15) is 0 Å². The molecule has 0 saturated heterocycles. The van der Waals surface area contributed by atoms with E-state index < -0.39 is 0 Å².